The van der Waals surface area contributed by atoms with Crippen molar-refractivity contribution in [1.29, 1.82) is 0 Å². The van der Waals surface area contributed by atoms with Crippen LogP contribution >= 0.6 is 0 Å². The monoisotopic (exact) mass is 372 g/mol. The van der Waals surface area contributed by atoms with Gasteiger partial charge in [0.15, 0.2) is 11.5 Å². The van der Waals surface area contributed by atoms with Crippen molar-refractivity contribution >= 4 is 6.03 Å². The molecule has 1 unspecified atom stereocenters. The predicted molar refractivity (Wildman–Crippen MR) is 99.0 cm³/mol. The number of nitrogens with one attached hydrogen (secondary N) is 1. The lowest BCUT2D eigenvalue weighted by Crippen LogP contribution is -2.48. The van der Waals surface area contributed by atoms with Gasteiger partial charge in [-0.1, -0.05) is 6.07 Å². The number of hydrogen-bond acceptors (Lipinski definition) is 6. The van der Waals surface area contributed by atoms with Crippen molar-refractivity contribution in [3.05, 3.63) is 42.1 Å². The lowest BCUT2D eigenvalue weighted by Gasteiger charge is -2.32. The third-order valence-electron chi connectivity index (χ3n) is 4.39. The van der Waals surface area contributed by atoms with Crippen LogP contribution in [0.1, 0.15) is 18.4 Å². The molecule has 1 atom stereocenters. The van der Waals surface area contributed by atoms with Crippen LogP contribution in [0.4, 0.5) is 4.79 Å². The fraction of sp³-hybridized carbons (Fsp3) is 0.421. The van der Waals surface area contributed by atoms with E-state index in [2.05, 4.69) is 15.5 Å². The average Bonchev–Trinajstić information content (AvgIpc) is 2.72. The highest BCUT2D eigenvalue weighted by Crippen LogP contribution is 2.27. The van der Waals surface area contributed by atoms with Gasteiger partial charge in [0.25, 0.3) is 0 Å². The molecule has 0 radical (unpaired) electrons. The quantitative estimate of drug-likeness (QED) is 0.837. The first kappa shape index (κ1) is 18.8. The number of likely N-dealkylation sites (tertiary alicyclic amines) is 1. The molecule has 1 aromatic carbocycles. The summed E-state index contributed by atoms with van der Waals surface area (Å²) in [7, 11) is 3.18. The van der Waals surface area contributed by atoms with Crippen molar-refractivity contribution in [2.75, 3.05) is 27.3 Å². The molecule has 2 heterocycles. The number of piperidine rings is 1. The molecule has 2 aromatic rings. The van der Waals surface area contributed by atoms with E-state index in [9.17, 15) is 4.79 Å². The average molecular weight is 372 g/mol. The first-order valence-electron chi connectivity index (χ1n) is 8.87. The van der Waals surface area contributed by atoms with Gasteiger partial charge in [-0.05, 0) is 36.6 Å². The van der Waals surface area contributed by atoms with Crippen molar-refractivity contribution in [3.8, 4) is 17.4 Å². The molecule has 3 rings (SSSR count). The van der Waals surface area contributed by atoms with Crippen molar-refractivity contribution < 1.29 is 19.0 Å². The molecule has 0 spiro atoms. The number of carbonyl (C=O) groups excluding carboxylic acids is 1. The van der Waals surface area contributed by atoms with E-state index in [1.165, 1.54) is 0 Å². The number of carbonyl (C=O) groups is 1. The number of methoxy groups -OCH3 is 2. The van der Waals surface area contributed by atoms with Crippen LogP contribution in [0.5, 0.6) is 17.4 Å². The van der Waals surface area contributed by atoms with Crippen molar-refractivity contribution in [2.45, 2.75) is 25.5 Å². The SMILES string of the molecule is COc1ccc(CNC(=O)N2CCCC(Oc3cccnn3)C2)cc1OC. The second-order valence-corrected chi connectivity index (χ2v) is 6.24. The standard InChI is InChI=1S/C19H24N4O4/c1-25-16-8-7-14(11-17(16)26-2)12-20-19(24)23-10-4-5-15(13-23)27-18-6-3-9-21-22-18/h3,6-9,11,15H,4-5,10,12-13H2,1-2H3,(H,20,24). The topological polar surface area (TPSA) is 85.8 Å². The first-order chi connectivity index (χ1) is 13.2. The van der Waals surface area contributed by atoms with E-state index in [1.807, 2.05) is 18.2 Å². The molecule has 1 saturated heterocycles. The number of ether oxygens (including phenoxy) is 3. The van der Waals surface area contributed by atoms with Crippen LogP contribution in [0.25, 0.3) is 0 Å². The Hall–Kier alpha value is -3.03. The Labute approximate surface area is 158 Å². The lowest BCUT2D eigenvalue weighted by atomic mass is 10.1. The van der Waals surface area contributed by atoms with Gasteiger partial charge < -0.3 is 24.4 Å². The lowest BCUT2D eigenvalue weighted by molar-refractivity contribution is 0.0969. The van der Waals surface area contributed by atoms with E-state index >= 15 is 0 Å². The second kappa shape index (κ2) is 9.07. The molecular formula is C19H24N4O4. The molecule has 1 aliphatic heterocycles. The maximum atomic E-state index is 12.5. The number of rotatable bonds is 6. The fourth-order valence-electron chi connectivity index (χ4n) is 3.02. The zero-order chi connectivity index (χ0) is 19.1. The molecule has 0 aliphatic carbocycles. The normalized spacial score (nSPS) is 16.5. The van der Waals surface area contributed by atoms with Gasteiger partial charge in [0, 0.05) is 25.4 Å². The van der Waals surface area contributed by atoms with Crippen LogP contribution in [0.2, 0.25) is 0 Å². The molecule has 8 heteroatoms. The Kier molecular flexibility index (Phi) is 6.30. The number of amides is 2. The van der Waals surface area contributed by atoms with E-state index in [4.69, 9.17) is 14.2 Å². The van der Waals surface area contributed by atoms with Crippen LogP contribution in [0.15, 0.2) is 36.5 Å². The molecule has 0 bridgehead atoms. The van der Waals surface area contributed by atoms with E-state index in [1.54, 1.807) is 37.4 Å². The van der Waals surface area contributed by atoms with Crippen LogP contribution in [0.3, 0.4) is 0 Å². The Morgan fingerprint density at radius 3 is 2.85 bits per heavy atom. The second-order valence-electron chi connectivity index (χ2n) is 6.24. The molecule has 0 saturated carbocycles. The number of benzene rings is 1. The van der Waals surface area contributed by atoms with Gasteiger partial charge in [-0.2, -0.15) is 5.10 Å². The highest BCUT2D eigenvalue weighted by atomic mass is 16.5. The van der Waals surface area contributed by atoms with Crippen LogP contribution < -0.4 is 19.5 Å². The van der Waals surface area contributed by atoms with Crippen molar-refractivity contribution in [2.24, 2.45) is 0 Å². The number of urea groups is 1. The highest BCUT2D eigenvalue weighted by Gasteiger charge is 2.25. The Bertz CT molecular complexity index is 757. The Morgan fingerprint density at radius 1 is 1.26 bits per heavy atom. The van der Waals surface area contributed by atoms with Gasteiger partial charge in [-0.15, -0.1) is 5.10 Å². The first-order valence-corrected chi connectivity index (χ1v) is 8.87. The summed E-state index contributed by atoms with van der Waals surface area (Å²) in [4.78, 5) is 14.3. The minimum atomic E-state index is -0.114. The van der Waals surface area contributed by atoms with Gasteiger partial charge >= 0.3 is 6.03 Å². The summed E-state index contributed by atoms with van der Waals surface area (Å²) >= 11 is 0. The van der Waals surface area contributed by atoms with E-state index in [-0.39, 0.29) is 12.1 Å². The summed E-state index contributed by atoms with van der Waals surface area (Å²) in [6.07, 6.45) is 3.29. The van der Waals surface area contributed by atoms with Gasteiger partial charge in [0.1, 0.15) is 6.10 Å². The summed E-state index contributed by atoms with van der Waals surface area (Å²) in [6.45, 7) is 1.64. The molecule has 1 N–H and O–H groups in total. The zero-order valence-corrected chi connectivity index (χ0v) is 15.6. The van der Waals surface area contributed by atoms with E-state index in [0.717, 1.165) is 18.4 Å². The van der Waals surface area contributed by atoms with Crippen molar-refractivity contribution in [3.63, 3.8) is 0 Å². The third kappa shape index (κ3) is 4.99. The Balaban J connectivity index is 1.53. The highest BCUT2D eigenvalue weighted by molar-refractivity contribution is 5.74. The number of aromatic nitrogens is 2. The molecule has 1 fully saturated rings. The Morgan fingerprint density at radius 2 is 2.11 bits per heavy atom. The molecule has 27 heavy (non-hydrogen) atoms. The summed E-state index contributed by atoms with van der Waals surface area (Å²) in [5.41, 5.74) is 0.936. The maximum absolute atomic E-state index is 12.5. The summed E-state index contributed by atoms with van der Waals surface area (Å²) in [5, 5.41) is 10.7. The minimum Gasteiger partial charge on any atom is -0.493 e. The summed E-state index contributed by atoms with van der Waals surface area (Å²) in [5.74, 6) is 1.78. The summed E-state index contributed by atoms with van der Waals surface area (Å²) < 4.78 is 16.4. The van der Waals surface area contributed by atoms with Crippen molar-refractivity contribution in [1.82, 2.24) is 20.4 Å². The van der Waals surface area contributed by atoms with Gasteiger partial charge in [-0.25, -0.2) is 4.79 Å². The smallest absolute Gasteiger partial charge is 0.317 e. The molecule has 2 amide bonds. The molecule has 144 valence electrons. The molecular weight excluding hydrogens is 348 g/mol. The van der Waals surface area contributed by atoms with E-state index < -0.39 is 0 Å². The molecule has 1 aliphatic rings. The van der Waals surface area contributed by atoms with Gasteiger partial charge in [0.05, 0.1) is 20.8 Å². The fourth-order valence-corrected chi connectivity index (χ4v) is 3.02. The number of hydrogen-bond donors (Lipinski definition) is 1. The minimum absolute atomic E-state index is 0.0812. The van der Waals surface area contributed by atoms with Crippen LogP contribution in [0, 0.1) is 0 Å². The largest absolute Gasteiger partial charge is 0.493 e. The van der Waals surface area contributed by atoms with Gasteiger partial charge in [0.2, 0.25) is 5.88 Å². The van der Waals surface area contributed by atoms with E-state index in [0.29, 0.717) is 37.0 Å². The number of nitrogens with zero attached hydrogens (tertiary/aromatic N) is 3. The van der Waals surface area contributed by atoms with Crippen LogP contribution in [-0.2, 0) is 6.54 Å². The maximum Gasteiger partial charge on any atom is 0.317 e. The predicted octanol–water partition coefficient (Wildman–Crippen LogP) is 2.25. The zero-order valence-electron chi connectivity index (χ0n) is 15.6. The molecule has 1 aromatic heterocycles. The summed E-state index contributed by atoms with van der Waals surface area (Å²) in [6, 6.07) is 9.01. The van der Waals surface area contributed by atoms with Gasteiger partial charge in [-0.3, -0.25) is 0 Å². The molecule has 8 nitrogen and oxygen atoms in total. The van der Waals surface area contributed by atoms with Crippen LogP contribution in [-0.4, -0.2) is 54.5 Å². The third-order valence-corrected chi connectivity index (χ3v) is 4.39.